The summed E-state index contributed by atoms with van der Waals surface area (Å²) in [5.74, 6) is 3.00. The zero-order chi connectivity index (χ0) is 15.5. The average Bonchev–Trinajstić information content (AvgIpc) is 2.41. The summed E-state index contributed by atoms with van der Waals surface area (Å²) in [5.41, 5.74) is 1.61. The van der Waals surface area contributed by atoms with E-state index in [9.17, 15) is 0 Å². The number of rotatable bonds is 11. The van der Waals surface area contributed by atoms with Gasteiger partial charge in [0.2, 0.25) is 0 Å². The van der Waals surface area contributed by atoms with E-state index < -0.39 is 0 Å². The highest BCUT2D eigenvalue weighted by atomic mass is 14.8. The third kappa shape index (κ3) is 7.47. The molecule has 0 saturated heterocycles. The summed E-state index contributed by atoms with van der Waals surface area (Å²) in [5, 5.41) is 3.54. The molecule has 0 heterocycles. The van der Waals surface area contributed by atoms with Crippen molar-refractivity contribution in [2.45, 2.75) is 74.1 Å². The van der Waals surface area contributed by atoms with Crippen LogP contribution in [0.4, 0.5) is 0 Å². The summed E-state index contributed by atoms with van der Waals surface area (Å²) in [6, 6.07) is 0. The Morgan fingerprint density at radius 2 is 1.60 bits per heavy atom. The second kappa shape index (κ2) is 11.4. The predicted octanol–water partition coefficient (Wildman–Crippen LogP) is 5.67. The van der Waals surface area contributed by atoms with Crippen molar-refractivity contribution in [3.63, 3.8) is 0 Å². The van der Waals surface area contributed by atoms with Crippen molar-refractivity contribution in [3.8, 4) is 0 Å². The Morgan fingerprint density at radius 3 is 2.05 bits per heavy atom. The van der Waals surface area contributed by atoms with Gasteiger partial charge in [0.05, 0.1) is 0 Å². The van der Waals surface area contributed by atoms with Gasteiger partial charge in [-0.1, -0.05) is 66.0 Å². The fraction of sp³-hybridized carbons (Fsp3) is 0.895. The van der Waals surface area contributed by atoms with Crippen LogP contribution in [0.15, 0.2) is 11.6 Å². The van der Waals surface area contributed by atoms with Crippen molar-refractivity contribution in [2.24, 2.45) is 23.7 Å². The molecule has 0 fully saturated rings. The predicted molar refractivity (Wildman–Crippen MR) is 93.1 cm³/mol. The molecule has 0 aromatic rings. The third-order valence-corrected chi connectivity index (χ3v) is 4.70. The van der Waals surface area contributed by atoms with E-state index in [1.54, 1.807) is 5.57 Å². The van der Waals surface area contributed by atoms with Crippen molar-refractivity contribution < 1.29 is 0 Å². The molecule has 0 bridgehead atoms. The van der Waals surface area contributed by atoms with Crippen molar-refractivity contribution in [2.75, 3.05) is 13.1 Å². The summed E-state index contributed by atoms with van der Waals surface area (Å²) in [7, 11) is 0. The lowest BCUT2D eigenvalue weighted by atomic mass is 9.81. The van der Waals surface area contributed by atoms with Crippen LogP contribution in [0, 0.1) is 23.7 Å². The lowest BCUT2D eigenvalue weighted by Gasteiger charge is -2.27. The largest absolute Gasteiger partial charge is 0.317 e. The Balaban J connectivity index is 4.77. The number of allylic oxidation sites excluding steroid dienone is 2. The van der Waals surface area contributed by atoms with Gasteiger partial charge in [0.25, 0.3) is 0 Å². The van der Waals surface area contributed by atoms with E-state index in [0.717, 1.165) is 30.8 Å². The quantitative estimate of drug-likeness (QED) is 0.481. The Bertz CT molecular complexity index is 254. The van der Waals surface area contributed by atoms with Gasteiger partial charge in [0, 0.05) is 0 Å². The molecule has 0 amide bonds. The lowest BCUT2D eigenvalue weighted by molar-refractivity contribution is 0.349. The maximum atomic E-state index is 3.54. The Labute approximate surface area is 128 Å². The minimum absolute atomic E-state index is 0.701. The number of nitrogens with one attached hydrogen (secondary N) is 1. The minimum atomic E-state index is 0.701. The van der Waals surface area contributed by atoms with Crippen LogP contribution in [0.1, 0.15) is 74.1 Å². The molecule has 120 valence electrons. The Morgan fingerprint density at radius 1 is 1.00 bits per heavy atom. The summed E-state index contributed by atoms with van der Waals surface area (Å²) >= 11 is 0. The van der Waals surface area contributed by atoms with Gasteiger partial charge >= 0.3 is 0 Å². The monoisotopic (exact) mass is 281 g/mol. The van der Waals surface area contributed by atoms with Gasteiger partial charge in [-0.3, -0.25) is 0 Å². The van der Waals surface area contributed by atoms with E-state index in [1.807, 2.05) is 0 Å². The summed E-state index contributed by atoms with van der Waals surface area (Å²) < 4.78 is 0. The van der Waals surface area contributed by atoms with Crippen molar-refractivity contribution in [1.29, 1.82) is 0 Å². The molecule has 1 N–H and O–H groups in total. The first-order valence-corrected chi connectivity index (χ1v) is 8.86. The normalized spacial score (nSPS) is 17.3. The SMILES string of the molecule is CCCC(C=C(C)C(C)C(CCC)CNCC)C(C)C. The van der Waals surface area contributed by atoms with Crippen LogP contribution in [-0.2, 0) is 0 Å². The molecule has 1 nitrogen and oxygen atoms in total. The van der Waals surface area contributed by atoms with Gasteiger partial charge in [-0.05, 0) is 56.5 Å². The Kier molecular flexibility index (Phi) is 11.2. The molecule has 3 atom stereocenters. The van der Waals surface area contributed by atoms with Crippen molar-refractivity contribution in [3.05, 3.63) is 11.6 Å². The highest BCUT2D eigenvalue weighted by molar-refractivity contribution is 5.07. The molecule has 0 radical (unpaired) electrons. The summed E-state index contributed by atoms with van der Waals surface area (Å²) in [6.07, 6.45) is 7.81. The fourth-order valence-electron chi connectivity index (χ4n) is 3.03. The fourth-order valence-corrected chi connectivity index (χ4v) is 3.03. The lowest BCUT2D eigenvalue weighted by Crippen LogP contribution is -2.27. The topological polar surface area (TPSA) is 12.0 Å². The van der Waals surface area contributed by atoms with Crippen LogP contribution in [-0.4, -0.2) is 13.1 Å². The first-order valence-electron chi connectivity index (χ1n) is 8.86. The van der Waals surface area contributed by atoms with Gasteiger partial charge in [-0.15, -0.1) is 0 Å². The van der Waals surface area contributed by atoms with E-state index in [4.69, 9.17) is 0 Å². The van der Waals surface area contributed by atoms with E-state index in [2.05, 4.69) is 59.9 Å². The van der Waals surface area contributed by atoms with Gasteiger partial charge < -0.3 is 5.32 Å². The molecule has 0 aliphatic carbocycles. The van der Waals surface area contributed by atoms with Crippen LogP contribution in [0.2, 0.25) is 0 Å². The molecule has 3 unspecified atom stereocenters. The van der Waals surface area contributed by atoms with Gasteiger partial charge in [0.1, 0.15) is 0 Å². The molecule has 0 aromatic carbocycles. The second-order valence-electron chi connectivity index (χ2n) is 6.75. The van der Waals surface area contributed by atoms with Gasteiger partial charge in [-0.25, -0.2) is 0 Å². The Hall–Kier alpha value is -0.300. The highest BCUT2D eigenvalue weighted by Crippen LogP contribution is 2.28. The molecular weight excluding hydrogens is 242 g/mol. The zero-order valence-electron chi connectivity index (χ0n) is 15.1. The standard InChI is InChI=1S/C19H39N/c1-8-11-18(15(4)5)13-16(6)17(7)19(12-9-2)14-20-10-3/h13,15,17-20H,8-12,14H2,1-7H3. The van der Waals surface area contributed by atoms with Crippen molar-refractivity contribution >= 4 is 0 Å². The van der Waals surface area contributed by atoms with Crippen LogP contribution < -0.4 is 5.32 Å². The number of hydrogen-bond acceptors (Lipinski definition) is 1. The van der Waals surface area contributed by atoms with Gasteiger partial charge in [0.15, 0.2) is 0 Å². The number of hydrogen-bond donors (Lipinski definition) is 1. The molecule has 0 aliphatic rings. The van der Waals surface area contributed by atoms with E-state index in [0.29, 0.717) is 5.92 Å². The van der Waals surface area contributed by atoms with Crippen LogP contribution >= 0.6 is 0 Å². The van der Waals surface area contributed by atoms with Gasteiger partial charge in [-0.2, -0.15) is 0 Å². The van der Waals surface area contributed by atoms with Crippen molar-refractivity contribution in [1.82, 2.24) is 5.32 Å². The maximum absolute atomic E-state index is 3.54. The van der Waals surface area contributed by atoms with E-state index >= 15 is 0 Å². The first-order chi connectivity index (χ1) is 9.47. The summed E-state index contributed by atoms with van der Waals surface area (Å²) in [4.78, 5) is 0. The molecule has 0 spiro atoms. The molecule has 0 rings (SSSR count). The molecule has 1 heteroatoms. The van der Waals surface area contributed by atoms with Crippen LogP contribution in [0.5, 0.6) is 0 Å². The van der Waals surface area contributed by atoms with E-state index in [1.165, 1.54) is 25.7 Å². The minimum Gasteiger partial charge on any atom is -0.317 e. The van der Waals surface area contributed by atoms with Crippen LogP contribution in [0.25, 0.3) is 0 Å². The molecule has 0 aliphatic heterocycles. The zero-order valence-corrected chi connectivity index (χ0v) is 15.1. The first kappa shape index (κ1) is 19.7. The summed E-state index contributed by atoms with van der Waals surface area (Å²) in [6.45, 7) is 18.5. The van der Waals surface area contributed by atoms with Crippen LogP contribution in [0.3, 0.4) is 0 Å². The maximum Gasteiger partial charge on any atom is -0.00150 e. The average molecular weight is 282 g/mol. The molecule has 20 heavy (non-hydrogen) atoms. The van der Waals surface area contributed by atoms with E-state index in [-0.39, 0.29) is 0 Å². The highest BCUT2D eigenvalue weighted by Gasteiger charge is 2.19. The molecule has 0 aromatic heterocycles. The molecule has 0 saturated carbocycles. The second-order valence-corrected chi connectivity index (χ2v) is 6.75. The third-order valence-electron chi connectivity index (χ3n) is 4.70. The smallest absolute Gasteiger partial charge is 0.00150 e. The molecular formula is C19H39N.